The van der Waals surface area contributed by atoms with E-state index in [0.29, 0.717) is 33.8 Å². The van der Waals surface area contributed by atoms with E-state index in [1.165, 1.54) is 11.0 Å². The Morgan fingerprint density at radius 3 is 2.26 bits per heavy atom. The second-order valence-electron chi connectivity index (χ2n) is 19.3. The summed E-state index contributed by atoms with van der Waals surface area (Å²) < 4.78 is 50.8. The van der Waals surface area contributed by atoms with Gasteiger partial charge in [0.15, 0.2) is 10.5 Å². The van der Waals surface area contributed by atoms with Crippen molar-refractivity contribution in [2.45, 2.75) is 115 Å². The lowest BCUT2D eigenvalue weighted by molar-refractivity contribution is -0.143. The molecule has 3 aliphatic rings. The van der Waals surface area contributed by atoms with Crippen molar-refractivity contribution in [2.24, 2.45) is 11.3 Å². The summed E-state index contributed by atoms with van der Waals surface area (Å²) in [6.45, 7) is 17.2. The Morgan fingerprint density at radius 1 is 0.985 bits per heavy atom. The molecular weight excluding hydrogens is 871 g/mol. The minimum absolute atomic E-state index is 0.0119. The molecule has 4 aromatic rings. The van der Waals surface area contributed by atoms with Crippen LogP contribution in [0.5, 0.6) is 11.5 Å². The fourth-order valence-corrected chi connectivity index (χ4v) is 9.78. The normalized spacial score (nSPS) is 21.5. The largest absolute Gasteiger partial charge is 0.497 e. The predicted molar refractivity (Wildman–Crippen MR) is 244 cm³/mol. The summed E-state index contributed by atoms with van der Waals surface area (Å²) in [5.74, 6) is -2.75. The van der Waals surface area contributed by atoms with E-state index in [4.69, 9.17) is 23.7 Å². The molecule has 352 valence electrons. The van der Waals surface area contributed by atoms with Gasteiger partial charge in [0, 0.05) is 35.4 Å². The van der Waals surface area contributed by atoms with E-state index in [1.54, 1.807) is 86.8 Å². The number of pyridine rings is 1. The van der Waals surface area contributed by atoms with Crippen molar-refractivity contribution < 1.29 is 51.1 Å². The van der Waals surface area contributed by atoms with Gasteiger partial charge in [0.25, 0.3) is 5.91 Å². The number of nitrogens with one attached hydrogen (secondary N) is 4. The Balaban J connectivity index is 1.19. The van der Waals surface area contributed by atoms with Gasteiger partial charge in [-0.3, -0.25) is 23.9 Å². The van der Waals surface area contributed by atoms with E-state index in [9.17, 15) is 32.4 Å². The number of benzene rings is 2. The number of methoxy groups -OCH3 is 1. The number of rotatable bonds is 14. The molecule has 2 aromatic heterocycles. The molecule has 3 fully saturated rings. The number of alkyl carbamates (subject to hydrolysis) is 1. The molecule has 0 bridgehead atoms. The van der Waals surface area contributed by atoms with E-state index < -0.39 is 85.2 Å². The standard InChI is InChI=1S/C47H57N7O11S/c1-11-29-24-47(29,42(58)53-66(60,61)46(19-20-46)41(57)49-37-26(2)52-65-27(37)3)51-39(55)35-22-31(25-54(35)40(56)38(44(4,5)6)50-43(59)64-45(7,8)9)63-36-23-33(28-15-13-12-14-16-28)48-34-21-30(62-10)17-18-32(34)36/h11-18,21,23,29,31,35,38H,1,19-20,22,24-25H2,2-10H3,(H,49,57)(H,50,59)(H,51,55)(H,53,58)/t29?,31-,35+,38-,47-/m1/s1. The van der Waals surface area contributed by atoms with E-state index in [2.05, 4.69) is 32.4 Å². The number of amides is 5. The molecule has 5 amide bonds. The Morgan fingerprint density at radius 2 is 1.68 bits per heavy atom. The molecule has 7 rings (SSSR count). The lowest BCUT2D eigenvalue weighted by atomic mass is 9.85. The van der Waals surface area contributed by atoms with Gasteiger partial charge in [0.1, 0.15) is 52.2 Å². The van der Waals surface area contributed by atoms with E-state index in [-0.39, 0.29) is 43.7 Å². The molecule has 19 heteroatoms. The van der Waals surface area contributed by atoms with Crippen molar-refractivity contribution in [2.75, 3.05) is 19.0 Å². The van der Waals surface area contributed by atoms with Crippen molar-refractivity contribution >= 4 is 56.3 Å². The van der Waals surface area contributed by atoms with Crippen molar-refractivity contribution in [1.29, 1.82) is 0 Å². The molecule has 4 N–H and O–H groups in total. The number of likely N-dealkylation sites (tertiary alicyclic amines) is 1. The lowest BCUT2D eigenvalue weighted by Gasteiger charge is -2.36. The van der Waals surface area contributed by atoms with Gasteiger partial charge in [-0.05, 0) is 71.4 Å². The number of ether oxygens (including phenoxy) is 3. The number of anilines is 1. The van der Waals surface area contributed by atoms with Crippen LogP contribution in [0.2, 0.25) is 0 Å². The van der Waals surface area contributed by atoms with Crippen LogP contribution in [0.1, 0.15) is 78.7 Å². The molecule has 2 saturated carbocycles. The van der Waals surface area contributed by atoms with Crippen LogP contribution in [-0.2, 0) is 33.9 Å². The van der Waals surface area contributed by atoms with Gasteiger partial charge in [0.05, 0.1) is 24.9 Å². The number of fused-ring (bicyclic) bond motifs is 1. The number of hydrogen-bond acceptors (Lipinski definition) is 13. The van der Waals surface area contributed by atoms with Crippen LogP contribution < -0.4 is 30.1 Å². The molecule has 3 heterocycles. The van der Waals surface area contributed by atoms with Crippen LogP contribution in [0.15, 0.2) is 71.8 Å². The average Bonchev–Trinajstić information content (AvgIpc) is 4.14. The SMILES string of the molecule is C=CC1C[C@]1(NC(=O)[C@@H]1C[C@@H](Oc2cc(-c3ccccc3)nc3cc(OC)ccc23)CN1C(=O)[C@@H](NC(=O)OC(C)(C)C)C(C)(C)C)C(=O)NS(=O)(=O)C1(C(=O)Nc2c(C)noc2C)CC1. The molecule has 1 unspecified atom stereocenters. The Bertz CT molecular complexity index is 2680. The fraction of sp³-hybridized carbons (Fsp3) is 0.468. The van der Waals surface area contributed by atoms with Crippen LogP contribution in [0.3, 0.4) is 0 Å². The van der Waals surface area contributed by atoms with Gasteiger partial charge in [-0.15, -0.1) is 6.58 Å². The minimum atomic E-state index is -4.67. The topological polar surface area (TPSA) is 237 Å². The average molecular weight is 928 g/mol. The second kappa shape index (κ2) is 17.4. The summed E-state index contributed by atoms with van der Waals surface area (Å²) in [5, 5.41) is 12.5. The lowest BCUT2D eigenvalue weighted by Crippen LogP contribution is -2.60. The van der Waals surface area contributed by atoms with Crippen LogP contribution in [-0.4, -0.2) is 101 Å². The summed E-state index contributed by atoms with van der Waals surface area (Å²) in [5.41, 5.74) is -1.01. The molecule has 5 atom stereocenters. The van der Waals surface area contributed by atoms with Gasteiger partial charge in [0.2, 0.25) is 27.7 Å². The Labute approximate surface area is 383 Å². The van der Waals surface area contributed by atoms with Crippen molar-refractivity contribution in [3.05, 3.63) is 78.7 Å². The van der Waals surface area contributed by atoms with Crippen molar-refractivity contribution in [3.8, 4) is 22.8 Å². The second-order valence-corrected chi connectivity index (χ2v) is 21.3. The summed E-state index contributed by atoms with van der Waals surface area (Å²) in [7, 11) is -3.12. The molecule has 1 saturated heterocycles. The first-order valence-corrected chi connectivity index (χ1v) is 23.2. The molecule has 2 aromatic carbocycles. The number of aryl methyl sites for hydroxylation is 2. The molecule has 0 spiro atoms. The minimum Gasteiger partial charge on any atom is -0.497 e. The number of carbonyl (C=O) groups is 5. The summed E-state index contributed by atoms with van der Waals surface area (Å²) in [4.78, 5) is 76.7. The molecule has 2 aliphatic carbocycles. The maximum absolute atomic E-state index is 14.9. The zero-order chi connectivity index (χ0) is 48.1. The highest BCUT2D eigenvalue weighted by Gasteiger charge is 2.66. The molecule has 66 heavy (non-hydrogen) atoms. The highest BCUT2D eigenvalue weighted by atomic mass is 32.2. The first-order chi connectivity index (χ1) is 30.9. The van der Waals surface area contributed by atoms with Crippen molar-refractivity contribution in [3.63, 3.8) is 0 Å². The molecule has 18 nitrogen and oxygen atoms in total. The first kappa shape index (κ1) is 47.5. The third-order valence-electron chi connectivity index (χ3n) is 12.1. The van der Waals surface area contributed by atoms with Crippen LogP contribution in [0, 0.1) is 25.2 Å². The highest BCUT2D eigenvalue weighted by Crippen LogP contribution is 2.48. The molecule has 1 aliphatic heterocycles. The predicted octanol–water partition coefficient (Wildman–Crippen LogP) is 5.48. The van der Waals surface area contributed by atoms with Gasteiger partial charge >= 0.3 is 6.09 Å². The van der Waals surface area contributed by atoms with Gasteiger partial charge in [-0.2, -0.15) is 0 Å². The van der Waals surface area contributed by atoms with Crippen molar-refractivity contribution in [1.82, 2.24) is 30.4 Å². The fourth-order valence-electron chi connectivity index (χ4n) is 8.22. The zero-order valence-electron chi connectivity index (χ0n) is 38.6. The maximum Gasteiger partial charge on any atom is 0.408 e. The monoisotopic (exact) mass is 927 g/mol. The van der Waals surface area contributed by atoms with Crippen LogP contribution in [0.25, 0.3) is 22.2 Å². The van der Waals surface area contributed by atoms with Gasteiger partial charge < -0.3 is 39.6 Å². The van der Waals surface area contributed by atoms with Crippen LogP contribution in [0.4, 0.5) is 10.5 Å². The first-order valence-electron chi connectivity index (χ1n) is 21.7. The zero-order valence-corrected chi connectivity index (χ0v) is 39.4. The quantitative estimate of drug-likeness (QED) is 0.115. The number of carbonyl (C=O) groups excluding carboxylic acids is 5. The van der Waals surface area contributed by atoms with Gasteiger partial charge in [-0.25, -0.2) is 18.2 Å². The molecular formula is C47H57N7O11S. The van der Waals surface area contributed by atoms with E-state index >= 15 is 0 Å². The third kappa shape index (κ3) is 9.43. The number of aromatic nitrogens is 2. The summed E-state index contributed by atoms with van der Waals surface area (Å²) >= 11 is 0. The summed E-state index contributed by atoms with van der Waals surface area (Å²) in [6.07, 6.45) is -0.420. The van der Waals surface area contributed by atoms with E-state index in [0.717, 1.165) is 5.56 Å². The number of hydrogen-bond donors (Lipinski definition) is 4. The van der Waals surface area contributed by atoms with Crippen LogP contribution >= 0.6 is 0 Å². The van der Waals surface area contributed by atoms with Gasteiger partial charge in [-0.1, -0.05) is 62.3 Å². The van der Waals surface area contributed by atoms with E-state index in [1.807, 2.05) is 30.3 Å². The maximum atomic E-state index is 14.9. The highest BCUT2D eigenvalue weighted by molar-refractivity contribution is 7.92. The third-order valence-corrected chi connectivity index (χ3v) is 14.2. The summed E-state index contributed by atoms with van der Waals surface area (Å²) in [6, 6.07) is 14.1. The molecule has 0 radical (unpaired) electrons. The Kier molecular flexibility index (Phi) is 12.5. The Hall–Kier alpha value is -6.50. The number of nitrogens with zero attached hydrogens (tertiary/aromatic N) is 3. The number of sulfonamides is 1. The smallest absolute Gasteiger partial charge is 0.408 e.